The van der Waals surface area contributed by atoms with Crippen LogP contribution in [0.2, 0.25) is 0 Å². The van der Waals surface area contributed by atoms with Crippen molar-refractivity contribution in [2.75, 3.05) is 11.5 Å². The molecule has 0 fully saturated rings. The van der Waals surface area contributed by atoms with Gasteiger partial charge in [0.1, 0.15) is 0 Å². The number of anilines is 2. The van der Waals surface area contributed by atoms with Crippen LogP contribution in [0.4, 0.5) is 11.4 Å². The molecule has 0 saturated carbocycles. The van der Waals surface area contributed by atoms with Gasteiger partial charge in [0.25, 0.3) is 0 Å². The van der Waals surface area contributed by atoms with E-state index in [9.17, 15) is 9.59 Å². The first-order valence-corrected chi connectivity index (χ1v) is 9.04. The highest BCUT2D eigenvalue weighted by Crippen LogP contribution is 2.34. The van der Waals surface area contributed by atoms with Crippen LogP contribution in [0.1, 0.15) is 20.7 Å². The highest BCUT2D eigenvalue weighted by atomic mass is 16.6. The van der Waals surface area contributed by atoms with Crippen LogP contribution >= 0.6 is 0 Å². The maximum atomic E-state index is 12.6. The molecule has 0 atom stereocenters. The summed E-state index contributed by atoms with van der Waals surface area (Å²) in [5.74, 6) is -1.64. The van der Waals surface area contributed by atoms with Crippen LogP contribution in [0.3, 0.4) is 0 Å². The van der Waals surface area contributed by atoms with Crippen molar-refractivity contribution >= 4 is 34.1 Å². The monoisotopic (exact) mass is 382 g/mol. The summed E-state index contributed by atoms with van der Waals surface area (Å²) in [6.07, 6.45) is 0. The van der Waals surface area contributed by atoms with Crippen LogP contribution in [0, 0.1) is 0 Å². The smallest absolute Gasteiger partial charge is 0.348 e. The maximum Gasteiger partial charge on any atom is 0.348 e. The molecule has 29 heavy (non-hydrogen) atoms. The Labute approximate surface area is 167 Å². The van der Waals surface area contributed by atoms with Gasteiger partial charge in [-0.15, -0.1) is 0 Å². The van der Waals surface area contributed by atoms with E-state index in [-0.39, 0.29) is 22.5 Å². The van der Waals surface area contributed by atoms with Crippen molar-refractivity contribution < 1.29 is 14.3 Å². The molecule has 0 aliphatic heterocycles. The number of benzene rings is 4. The molecule has 0 saturated heterocycles. The minimum absolute atomic E-state index is 0.123. The second kappa shape index (κ2) is 7.48. The van der Waals surface area contributed by atoms with Crippen LogP contribution < -0.4 is 11.5 Å². The van der Waals surface area contributed by atoms with E-state index in [0.29, 0.717) is 5.56 Å². The largest absolute Gasteiger partial charge is 0.398 e. The topological polar surface area (TPSA) is 95.4 Å². The minimum Gasteiger partial charge on any atom is -0.398 e. The van der Waals surface area contributed by atoms with E-state index in [1.165, 1.54) is 12.1 Å². The van der Waals surface area contributed by atoms with Gasteiger partial charge >= 0.3 is 11.9 Å². The summed E-state index contributed by atoms with van der Waals surface area (Å²) in [4.78, 5) is 25.0. The molecular weight excluding hydrogens is 364 g/mol. The van der Waals surface area contributed by atoms with Crippen LogP contribution in [0.15, 0.2) is 84.9 Å². The van der Waals surface area contributed by atoms with Gasteiger partial charge in [-0.05, 0) is 34.5 Å². The zero-order valence-corrected chi connectivity index (χ0v) is 15.5. The van der Waals surface area contributed by atoms with E-state index in [2.05, 4.69) is 0 Å². The zero-order chi connectivity index (χ0) is 20.4. The fourth-order valence-electron chi connectivity index (χ4n) is 3.32. The van der Waals surface area contributed by atoms with Gasteiger partial charge in [0.05, 0.1) is 16.8 Å². The molecule has 142 valence electrons. The molecule has 5 heteroatoms. The molecule has 0 aromatic heterocycles. The van der Waals surface area contributed by atoms with Gasteiger partial charge in [-0.1, -0.05) is 66.7 Å². The SMILES string of the molecule is Nc1ccccc1C(=O)OC(=O)c1cccc(-c2cccc3ccccc23)c1N. The van der Waals surface area contributed by atoms with E-state index in [1.807, 2.05) is 48.5 Å². The number of fused-ring (bicyclic) bond motifs is 1. The molecule has 0 aliphatic rings. The van der Waals surface area contributed by atoms with Crippen LogP contribution in [-0.2, 0) is 4.74 Å². The van der Waals surface area contributed by atoms with Gasteiger partial charge in [0.2, 0.25) is 0 Å². The predicted octanol–water partition coefficient (Wildman–Crippen LogP) is 4.67. The van der Waals surface area contributed by atoms with Crippen LogP contribution in [0.5, 0.6) is 0 Å². The highest BCUT2D eigenvalue weighted by Gasteiger charge is 2.20. The van der Waals surface area contributed by atoms with E-state index in [4.69, 9.17) is 16.2 Å². The number of esters is 2. The summed E-state index contributed by atoms with van der Waals surface area (Å²) in [5.41, 5.74) is 14.4. The van der Waals surface area contributed by atoms with Gasteiger partial charge in [-0.3, -0.25) is 0 Å². The number of nitrogen functional groups attached to an aromatic ring is 2. The fraction of sp³-hybridized carbons (Fsp3) is 0. The fourth-order valence-corrected chi connectivity index (χ4v) is 3.32. The molecule has 0 radical (unpaired) electrons. The van der Waals surface area contributed by atoms with E-state index in [1.54, 1.807) is 24.3 Å². The summed E-state index contributed by atoms with van der Waals surface area (Å²) in [6, 6.07) is 25.3. The van der Waals surface area contributed by atoms with Gasteiger partial charge in [0, 0.05) is 11.3 Å². The van der Waals surface area contributed by atoms with Gasteiger partial charge in [-0.2, -0.15) is 0 Å². The van der Waals surface area contributed by atoms with Crippen molar-refractivity contribution in [3.8, 4) is 11.1 Å². The lowest BCUT2D eigenvalue weighted by atomic mass is 9.95. The molecule has 0 heterocycles. The van der Waals surface area contributed by atoms with E-state index >= 15 is 0 Å². The third kappa shape index (κ3) is 3.41. The molecule has 0 unspecified atom stereocenters. The number of ether oxygens (including phenoxy) is 1. The second-order valence-corrected chi connectivity index (χ2v) is 6.56. The lowest BCUT2D eigenvalue weighted by molar-refractivity contribution is 0.0399. The predicted molar refractivity (Wildman–Crippen MR) is 114 cm³/mol. The number of para-hydroxylation sites is 2. The molecule has 0 bridgehead atoms. The highest BCUT2D eigenvalue weighted by molar-refractivity contribution is 6.09. The first-order chi connectivity index (χ1) is 14.1. The Morgan fingerprint density at radius 3 is 2.03 bits per heavy atom. The average Bonchev–Trinajstić information content (AvgIpc) is 2.74. The number of carbonyl (C=O) groups excluding carboxylic acids is 2. The molecule has 4 aromatic rings. The van der Waals surface area contributed by atoms with Crippen molar-refractivity contribution in [2.45, 2.75) is 0 Å². The average molecular weight is 382 g/mol. The first-order valence-electron chi connectivity index (χ1n) is 9.04. The molecule has 0 spiro atoms. The molecule has 4 rings (SSSR count). The van der Waals surface area contributed by atoms with Gasteiger partial charge in [0.15, 0.2) is 0 Å². The Bertz CT molecular complexity index is 1240. The normalized spacial score (nSPS) is 10.6. The van der Waals surface area contributed by atoms with Gasteiger partial charge in [-0.25, -0.2) is 9.59 Å². The molecule has 0 aliphatic carbocycles. The van der Waals surface area contributed by atoms with Crippen molar-refractivity contribution in [3.05, 3.63) is 96.1 Å². The Morgan fingerprint density at radius 1 is 0.621 bits per heavy atom. The Kier molecular flexibility index (Phi) is 4.71. The molecular formula is C24H18N2O3. The summed E-state index contributed by atoms with van der Waals surface area (Å²) < 4.78 is 5.02. The van der Waals surface area contributed by atoms with Crippen molar-refractivity contribution in [2.24, 2.45) is 0 Å². The summed E-state index contributed by atoms with van der Waals surface area (Å²) in [6.45, 7) is 0. The molecule has 4 N–H and O–H groups in total. The number of hydrogen-bond donors (Lipinski definition) is 2. The Balaban J connectivity index is 1.71. The third-order valence-corrected chi connectivity index (χ3v) is 4.77. The number of rotatable bonds is 3. The lowest BCUT2D eigenvalue weighted by Gasteiger charge is -2.13. The van der Waals surface area contributed by atoms with E-state index in [0.717, 1.165) is 16.3 Å². The quantitative estimate of drug-likeness (QED) is 0.305. The van der Waals surface area contributed by atoms with E-state index < -0.39 is 11.9 Å². The van der Waals surface area contributed by atoms with Crippen LogP contribution in [-0.4, -0.2) is 11.9 Å². The summed E-state index contributed by atoms with van der Waals surface area (Å²) in [7, 11) is 0. The lowest BCUT2D eigenvalue weighted by Crippen LogP contribution is -2.16. The molecule has 0 amide bonds. The third-order valence-electron chi connectivity index (χ3n) is 4.77. The van der Waals surface area contributed by atoms with Crippen molar-refractivity contribution in [1.82, 2.24) is 0 Å². The van der Waals surface area contributed by atoms with Crippen LogP contribution in [0.25, 0.3) is 21.9 Å². The first kappa shape index (κ1) is 18.3. The summed E-state index contributed by atoms with van der Waals surface area (Å²) in [5, 5.41) is 2.08. The number of hydrogen-bond acceptors (Lipinski definition) is 5. The van der Waals surface area contributed by atoms with Crippen molar-refractivity contribution in [1.29, 1.82) is 0 Å². The Hall–Kier alpha value is -4.12. The number of carbonyl (C=O) groups is 2. The Morgan fingerprint density at radius 2 is 1.21 bits per heavy atom. The second-order valence-electron chi connectivity index (χ2n) is 6.56. The standard InChI is InChI=1S/C24H18N2O3/c25-21-14-4-3-10-19(21)23(27)29-24(28)20-13-6-12-18(22(20)26)17-11-5-8-15-7-1-2-9-16(15)17/h1-14H,25-26H2. The number of nitrogens with two attached hydrogens (primary N) is 2. The maximum absolute atomic E-state index is 12.6. The molecule has 4 aromatic carbocycles. The summed E-state index contributed by atoms with van der Waals surface area (Å²) >= 11 is 0. The minimum atomic E-state index is -0.821. The zero-order valence-electron chi connectivity index (χ0n) is 15.5. The molecule has 5 nitrogen and oxygen atoms in total. The van der Waals surface area contributed by atoms with Gasteiger partial charge < -0.3 is 16.2 Å². The van der Waals surface area contributed by atoms with Crippen molar-refractivity contribution in [3.63, 3.8) is 0 Å².